The van der Waals surface area contributed by atoms with Crippen LogP contribution in [0.15, 0.2) is 64.9 Å². The number of benzene rings is 2. The van der Waals surface area contributed by atoms with E-state index in [1.165, 1.54) is 47.6 Å². The van der Waals surface area contributed by atoms with Crippen molar-refractivity contribution in [2.24, 2.45) is 0 Å². The number of fused-ring (bicyclic) bond motifs is 1. The molecular formula is C27H30FN3O4S2. The molecule has 0 aliphatic carbocycles. The lowest BCUT2D eigenvalue weighted by Crippen LogP contribution is -2.52. The molecular weight excluding hydrogens is 513 g/mol. The van der Waals surface area contributed by atoms with Crippen molar-refractivity contribution in [1.82, 2.24) is 9.21 Å². The smallest absolute Gasteiger partial charge is 0.244 e. The molecule has 7 nitrogen and oxygen atoms in total. The first-order chi connectivity index (χ1) is 17.4. The third kappa shape index (κ3) is 5.76. The minimum atomic E-state index is -4.05. The summed E-state index contributed by atoms with van der Waals surface area (Å²) in [6.45, 7) is 6.68. The molecule has 0 spiro atoms. The Balaban J connectivity index is 1.66. The van der Waals surface area contributed by atoms with Crippen LogP contribution in [0.2, 0.25) is 0 Å². The number of anilines is 1. The monoisotopic (exact) mass is 543 g/mol. The molecule has 0 bridgehead atoms. The fraction of sp³-hybridized carbons (Fsp3) is 0.333. The highest BCUT2D eigenvalue weighted by Crippen LogP contribution is 2.38. The molecule has 1 aliphatic rings. The summed E-state index contributed by atoms with van der Waals surface area (Å²) in [5.41, 5.74) is 1.34. The molecule has 1 aromatic heterocycles. The van der Waals surface area contributed by atoms with E-state index in [2.05, 4.69) is 5.32 Å². The predicted octanol–water partition coefficient (Wildman–Crippen LogP) is 4.81. The van der Waals surface area contributed by atoms with Gasteiger partial charge in [0.15, 0.2) is 0 Å². The van der Waals surface area contributed by atoms with Crippen LogP contribution in [0.4, 0.5) is 10.1 Å². The molecule has 37 heavy (non-hydrogen) atoms. The van der Waals surface area contributed by atoms with E-state index in [1.807, 2.05) is 11.4 Å². The fourth-order valence-electron chi connectivity index (χ4n) is 4.53. The van der Waals surface area contributed by atoms with Gasteiger partial charge in [-0.1, -0.05) is 12.1 Å². The summed E-state index contributed by atoms with van der Waals surface area (Å²) in [5, 5.41) is 4.60. The van der Waals surface area contributed by atoms with Gasteiger partial charge in [-0.3, -0.25) is 9.59 Å². The quantitative estimate of drug-likeness (QED) is 0.484. The van der Waals surface area contributed by atoms with Crippen molar-refractivity contribution in [3.63, 3.8) is 0 Å². The second-order valence-corrected chi connectivity index (χ2v) is 12.8. The molecule has 3 aromatic rings. The number of nitrogens with zero attached hydrogens (tertiary/aromatic N) is 2. The molecule has 2 amide bonds. The molecule has 0 saturated heterocycles. The molecule has 1 atom stereocenters. The molecule has 196 valence electrons. The zero-order chi connectivity index (χ0) is 27.0. The number of carbonyl (C=O) groups is 2. The van der Waals surface area contributed by atoms with Crippen LogP contribution in [-0.4, -0.2) is 48.1 Å². The number of hydrogen-bond acceptors (Lipinski definition) is 5. The first kappa shape index (κ1) is 27.0. The Kier molecular flexibility index (Phi) is 7.55. The second kappa shape index (κ2) is 10.4. The number of hydrogen-bond donors (Lipinski definition) is 1. The Bertz CT molecular complexity index is 1390. The normalized spacial score (nSPS) is 15.9. The first-order valence-electron chi connectivity index (χ1n) is 11.9. The minimum Gasteiger partial charge on any atom is -0.330 e. The summed E-state index contributed by atoms with van der Waals surface area (Å²) in [5.74, 6) is -0.958. The van der Waals surface area contributed by atoms with Crippen molar-refractivity contribution in [2.75, 3.05) is 18.4 Å². The topological polar surface area (TPSA) is 86.8 Å². The molecule has 1 N–H and O–H groups in total. The maximum Gasteiger partial charge on any atom is 0.244 e. The van der Waals surface area contributed by atoms with Gasteiger partial charge in [-0.25, -0.2) is 12.8 Å². The Hall–Kier alpha value is -3.08. The maximum absolute atomic E-state index is 13.8. The summed E-state index contributed by atoms with van der Waals surface area (Å²) in [6, 6.07) is 13.5. The van der Waals surface area contributed by atoms with Crippen molar-refractivity contribution < 1.29 is 22.4 Å². The molecule has 0 fully saturated rings. The lowest BCUT2D eigenvalue weighted by Gasteiger charge is -2.40. The zero-order valence-corrected chi connectivity index (χ0v) is 22.8. The van der Waals surface area contributed by atoms with Crippen LogP contribution in [0.1, 0.15) is 49.7 Å². The third-order valence-electron chi connectivity index (χ3n) is 6.26. The fourth-order valence-corrected chi connectivity index (χ4v) is 7.17. The molecule has 2 heterocycles. The van der Waals surface area contributed by atoms with E-state index in [9.17, 15) is 22.4 Å². The summed E-state index contributed by atoms with van der Waals surface area (Å²) in [7, 11) is -4.05. The number of thiophene rings is 1. The summed E-state index contributed by atoms with van der Waals surface area (Å²) in [6.07, 6.45) is 0.670. The standard InChI is InChI=1S/C27H30FN3O4S2/c1-18(32)29-21-9-11-22(12-10-21)37(34,35)31(27(2,3)4)17-25(33)30-15-13-24-23(14-16-36-24)26(30)19-5-7-20(28)8-6-19/h5-12,14,16,26H,13,15,17H2,1-4H3,(H,29,32). The first-order valence-corrected chi connectivity index (χ1v) is 14.2. The number of sulfonamides is 1. The molecule has 0 radical (unpaired) electrons. The third-order valence-corrected chi connectivity index (χ3v) is 9.38. The SMILES string of the molecule is CC(=O)Nc1ccc(S(=O)(=O)N(CC(=O)N2CCc3sccc3C2c2ccc(F)cc2)C(C)(C)C)cc1. The molecule has 1 unspecified atom stereocenters. The Morgan fingerprint density at radius 1 is 1.08 bits per heavy atom. The van der Waals surface area contributed by atoms with Crippen LogP contribution in [-0.2, 0) is 26.0 Å². The highest BCUT2D eigenvalue weighted by molar-refractivity contribution is 7.89. The highest BCUT2D eigenvalue weighted by Gasteiger charge is 2.39. The van der Waals surface area contributed by atoms with Gasteiger partial charge < -0.3 is 10.2 Å². The van der Waals surface area contributed by atoms with Gasteiger partial charge in [0, 0.05) is 29.6 Å². The van der Waals surface area contributed by atoms with Gasteiger partial charge in [-0.2, -0.15) is 4.31 Å². The number of nitrogens with one attached hydrogen (secondary N) is 1. The highest BCUT2D eigenvalue weighted by atomic mass is 32.2. The van der Waals surface area contributed by atoms with Gasteiger partial charge in [0.2, 0.25) is 21.8 Å². The zero-order valence-electron chi connectivity index (χ0n) is 21.2. The van der Waals surface area contributed by atoms with E-state index in [1.54, 1.807) is 49.1 Å². The van der Waals surface area contributed by atoms with Crippen LogP contribution in [0, 0.1) is 5.82 Å². The van der Waals surface area contributed by atoms with Crippen LogP contribution in [0.3, 0.4) is 0 Å². The van der Waals surface area contributed by atoms with Gasteiger partial charge in [0.05, 0.1) is 17.5 Å². The second-order valence-electron chi connectivity index (χ2n) is 9.98. The summed E-state index contributed by atoms with van der Waals surface area (Å²) >= 11 is 1.62. The van der Waals surface area contributed by atoms with Crippen molar-refractivity contribution >= 4 is 38.9 Å². The maximum atomic E-state index is 13.8. The average Bonchev–Trinajstić information content (AvgIpc) is 3.30. The van der Waals surface area contributed by atoms with E-state index in [0.29, 0.717) is 18.7 Å². The Labute approximate surface area is 221 Å². The number of halogens is 1. The summed E-state index contributed by atoms with van der Waals surface area (Å²) < 4.78 is 42.3. The van der Waals surface area contributed by atoms with Crippen LogP contribution >= 0.6 is 11.3 Å². The molecule has 1 aliphatic heterocycles. The van der Waals surface area contributed by atoms with Crippen LogP contribution < -0.4 is 5.32 Å². The molecule has 10 heteroatoms. The van der Waals surface area contributed by atoms with Crippen molar-refractivity contribution in [3.05, 3.63) is 81.8 Å². The van der Waals surface area contributed by atoms with E-state index < -0.39 is 21.6 Å². The Morgan fingerprint density at radius 2 is 1.73 bits per heavy atom. The minimum absolute atomic E-state index is 0.0261. The van der Waals surface area contributed by atoms with Gasteiger partial charge >= 0.3 is 0 Å². The van der Waals surface area contributed by atoms with Gasteiger partial charge in [0.1, 0.15) is 5.82 Å². The number of carbonyl (C=O) groups excluding carboxylic acids is 2. The van der Waals surface area contributed by atoms with E-state index in [-0.39, 0.29) is 29.1 Å². The summed E-state index contributed by atoms with van der Waals surface area (Å²) in [4.78, 5) is 28.0. The lowest BCUT2D eigenvalue weighted by molar-refractivity contribution is -0.134. The van der Waals surface area contributed by atoms with Crippen molar-refractivity contribution in [2.45, 2.75) is 50.6 Å². The van der Waals surface area contributed by atoms with Gasteiger partial charge in [-0.15, -0.1) is 11.3 Å². The van der Waals surface area contributed by atoms with Crippen molar-refractivity contribution in [1.29, 1.82) is 0 Å². The van der Waals surface area contributed by atoms with Crippen LogP contribution in [0.5, 0.6) is 0 Å². The van der Waals surface area contributed by atoms with Crippen molar-refractivity contribution in [3.8, 4) is 0 Å². The predicted molar refractivity (Wildman–Crippen MR) is 142 cm³/mol. The van der Waals surface area contributed by atoms with Crippen LogP contribution in [0.25, 0.3) is 0 Å². The van der Waals surface area contributed by atoms with E-state index >= 15 is 0 Å². The lowest BCUT2D eigenvalue weighted by atomic mass is 9.93. The van der Waals surface area contributed by atoms with E-state index in [0.717, 1.165) is 16.0 Å². The molecule has 2 aromatic carbocycles. The number of amides is 2. The Morgan fingerprint density at radius 3 is 2.32 bits per heavy atom. The van der Waals surface area contributed by atoms with E-state index in [4.69, 9.17) is 0 Å². The number of rotatable bonds is 6. The van der Waals surface area contributed by atoms with Gasteiger partial charge in [-0.05, 0) is 86.2 Å². The molecule has 4 rings (SSSR count). The largest absolute Gasteiger partial charge is 0.330 e. The average molecular weight is 544 g/mol. The van der Waals surface area contributed by atoms with Gasteiger partial charge in [0.25, 0.3) is 0 Å². The molecule has 0 saturated carbocycles.